The quantitative estimate of drug-likeness (QED) is 0.184. The zero-order chi connectivity index (χ0) is 25.4. The van der Waals surface area contributed by atoms with Crippen LogP contribution in [-0.2, 0) is 0 Å². The molecule has 6 aromatic carbocycles. The van der Waals surface area contributed by atoms with Crippen LogP contribution < -0.4 is 10.6 Å². The highest BCUT2D eigenvalue weighted by Crippen LogP contribution is 2.18. The van der Waals surface area contributed by atoms with E-state index in [0.717, 1.165) is 8.58 Å². The first-order valence-electron chi connectivity index (χ1n) is 12.5. The van der Waals surface area contributed by atoms with E-state index in [1.54, 1.807) is 0 Å². The summed E-state index contributed by atoms with van der Waals surface area (Å²) in [5.74, 6) is 0. The topological polar surface area (TPSA) is 0 Å². The van der Waals surface area contributed by atoms with Gasteiger partial charge in [0.2, 0.25) is 0 Å². The highest BCUT2D eigenvalue weighted by Gasteiger charge is 1.94. The lowest BCUT2D eigenvalue weighted by molar-refractivity contribution is 1.62. The van der Waals surface area contributed by atoms with Crippen LogP contribution in [0.1, 0.15) is 0 Å². The molecule has 0 aromatic heterocycles. The van der Waals surface area contributed by atoms with Gasteiger partial charge in [0.1, 0.15) is 0 Å². The lowest BCUT2D eigenvalue weighted by Gasteiger charge is -2.00. The first kappa shape index (κ1) is 28.8. The van der Waals surface area contributed by atoms with Crippen LogP contribution >= 0.6 is 25.6 Å². The van der Waals surface area contributed by atoms with Gasteiger partial charge in [-0.05, 0) is 32.9 Å². The molecular weight excluding hydrogens is 543 g/mol. The van der Waals surface area contributed by atoms with E-state index in [4.69, 9.17) is 0 Å². The van der Waals surface area contributed by atoms with Crippen LogP contribution in [0.2, 0.25) is 0 Å². The fourth-order valence-corrected chi connectivity index (χ4v) is 4.78. The molecule has 2 heteroatoms. The van der Waals surface area contributed by atoms with E-state index in [1.807, 2.05) is 24.3 Å². The van der Waals surface area contributed by atoms with Crippen LogP contribution in [0.25, 0.3) is 22.3 Å². The lowest BCUT2D eigenvalue weighted by atomic mass is 10.1. The van der Waals surface area contributed by atoms with Crippen molar-refractivity contribution in [2.24, 2.45) is 0 Å². The van der Waals surface area contributed by atoms with Gasteiger partial charge in [-0.3, -0.25) is 0 Å². The normalized spacial score (nSPS) is 9.47. The van der Waals surface area contributed by atoms with E-state index in [1.165, 1.54) is 32.9 Å². The first-order valence-corrected chi connectivity index (χ1v) is 13.5. The number of rotatable bonds is 4. The summed E-state index contributed by atoms with van der Waals surface area (Å²) in [6, 6.07) is 62.7. The monoisotopic (exact) mass is 574 g/mol. The Hall–Kier alpha value is -3.77. The van der Waals surface area contributed by atoms with E-state index in [2.05, 4.69) is 158 Å². The molecule has 0 N–H and O–H groups in total. The SMILES string of the molecule is Br.c1ccc(-c2ccccc2)cc1.c1ccc(-c2ccccc2)cc1.c1ccc(Pc2ccccc2)cc1. The molecule has 0 radical (unpaired) electrons. The molecular formula is C36H32BrP. The van der Waals surface area contributed by atoms with Gasteiger partial charge in [0.25, 0.3) is 0 Å². The van der Waals surface area contributed by atoms with Gasteiger partial charge in [-0.2, -0.15) is 0 Å². The second-order valence-electron chi connectivity index (χ2n) is 8.32. The molecule has 0 spiro atoms. The molecule has 0 atom stereocenters. The van der Waals surface area contributed by atoms with E-state index >= 15 is 0 Å². The van der Waals surface area contributed by atoms with E-state index in [9.17, 15) is 0 Å². The van der Waals surface area contributed by atoms with Gasteiger partial charge in [-0.1, -0.05) is 191 Å². The Morgan fingerprint density at radius 1 is 0.237 bits per heavy atom. The summed E-state index contributed by atoms with van der Waals surface area (Å²) in [6.45, 7) is 0. The molecule has 6 aromatic rings. The summed E-state index contributed by atoms with van der Waals surface area (Å²) >= 11 is 0. The van der Waals surface area contributed by atoms with E-state index in [0.29, 0.717) is 0 Å². The Balaban J connectivity index is 0.000000156. The van der Waals surface area contributed by atoms with Crippen molar-refractivity contribution in [2.45, 2.75) is 0 Å². The fraction of sp³-hybridized carbons (Fsp3) is 0. The minimum Gasteiger partial charge on any atom is -0.114 e. The second kappa shape index (κ2) is 16.9. The highest BCUT2D eigenvalue weighted by molar-refractivity contribution is 8.93. The molecule has 0 saturated carbocycles. The van der Waals surface area contributed by atoms with Crippen molar-refractivity contribution in [2.75, 3.05) is 0 Å². The van der Waals surface area contributed by atoms with Crippen molar-refractivity contribution >= 4 is 36.2 Å². The Bertz CT molecular complexity index is 1200. The molecule has 6 rings (SSSR count). The number of halogens is 1. The van der Waals surface area contributed by atoms with Crippen LogP contribution in [0.3, 0.4) is 0 Å². The van der Waals surface area contributed by atoms with Gasteiger partial charge in [0.05, 0.1) is 0 Å². The molecule has 0 saturated heterocycles. The fourth-order valence-electron chi connectivity index (χ4n) is 3.73. The maximum absolute atomic E-state index is 2.17. The molecule has 38 heavy (non-hydrogen) atoms. The third-order valence-electron chi connectivity index (χ3n) is 5.60. The van der Waals surface area contributed by atoms with Crippen molar-refractivity contribution in [3.05, 3.63) is 182 Å². The van der Waals surface area contributed by atoms with Gasteiger partial charge in [0.15, 0.2) is 0 Å². The molecule has 0 fully saturated rings. The standard InChI is InChI=1S/C12H11P.2C12H10.BrH/c1-3-7-11(8-4-1)13-12-9-5-2-6-10-12;2*1-3-7-11(8-4-1)12-9-5-2-6-10-12;/h1-10,13H;2*1-10H;1H. The number of benzene rings is 6. The van der Waals surface area contributed by atoms with Crippen molar-refractivity contribution in [1.82, 2.24) is 0 Å². The largest absolute Gasteiger partial charge is 0.114 e. The maximum Gasteiger partial charge on any atom is -0.0184 e. The smallest absolute Gasteiger partial charge is 0.0184 e. The molecule has 0 aliphatic rings. The maximum atomic E-state index is 2.17. The molecule has 0 heterocycles. The summed E-state index contributed by atoms with van der Waals surface area (Å²) in [5, 5.41) is 2.79. The predicted molar refractivity (Wildman–Crippen MR) is 175 cm³/mol. The Morgan fingerprint density at radius 2 is 0.421 bits per heavy atom. The Morgan fingerprint density at radius 3 is 0.632 bits per heavy atom. The summed E-state index contributed by atoms with van der Waals surface area (Å²) in [6.07, 6.45) is 0. The lowest BCUT2D eigenvalue weighted by Crippen LogP contribution is -2.01. The first-order chi connectivity index (χ1) is 18.4. The average molecular weight is 576 g/mol. The van der Waals surface area contributed by atoms with Gasteiger partial charge in [-0.25, -0.2) is 0 Å². The van der Waals surface area contributed by atoms with E-state index in [-0.39, 0.29) is 17.0 Å². The highest BCUT2D eigenvalue weighted by atomic mass is 79.9. The predicted octanol–water partition coefficient (Wildman–Crippen LogP) is 9.60. The number of hydrogen-bond donors (Lipinski definition) is 0. The molecule has 188 valence electrons. The summed E-state index contributed by atoms with van der Waals surface area (Å²) in [4.78, 5) is 0. The van der Waals surface area contributed by atoms with E-state index < -0.39 is 0 Å². The van der Waals surface area contributed by atoms with Gasteiger partial charge in [-0.15, -0.1) is 17.0 Å². The molecule has 0 unspecified atom stereocenters. The molecule has 0 nitrogen and oxygen atoms in total. The zero-order valence-corrected chi connectivity index (χ0v) is 23.9. The van der Waals surface area contributed by atoms with Crippen molar-refractivity contribution in [3.63, 3.8) is 0 Å². The van der Waals surface area contributed by atoms with Crippen LogP contribution in [-0.4, -0.2) is 0 Å². The van der Waals surface area contributed by atoms with Gasteiger partial charge < -0.3 is 0 Å². The second-order valence-corrected chi connectivity index (χ2v) is 9.73. The average Bonchev–Trinajstić information content (AvgIpc) is 3.01. The zero-order valence-electron chi connectivity index (χ0n) is 21.2. The van der Waals surface area contributed by atoms with Crippen LogP contribution in [0.4, 0.5) is 0 Å². The molecule has 0 aliphatic heterocycles. The third kappa shape index (κ3) is 9.94. The Kier molecular flexibility index (Phi) is 12.8. The number of hydrogen-bond acceptors (Lipinski definition) is 0. The van der Waals surface area contributed by atoms with Crippen molar-refractivity contribution in [3.8, 4) is 22.3 Å². The van der Waals surface area contributed by atoms with Crippen LogP contribution in [0, 0.1) is 0 Å². The minimum atomic E-state index is 0. The van der Waals surface area contributed by atoms with Crippen molar-refractivity contribution in [1.29, 1.82) is 0 Å². The van der Waals surface area contributed by atoms with Crippen LogP contribution in [0.15, 0.2) is 182 Å². The summed E-state index contributed by atoms with van der Waals surface area (Å²) < 4.78 is 0. The molecule has 0 amide bonds. The summed E-state index contributed by atoms with van der Waals surface area (Å²) in [7, 11) is 0.777. The summed E-state index contributed by atoms with van der Waals surface area (Å²) in [5.41, 5.74) is 5.10. The third-order valence-corrected chi connectivity index (χ3v) is 6.84. The van der Waals surface area contributed by atoms with Crippen LogP contribution in [0.5, 0.6) is 0 Å². The van der Waals surface area contributed by atoms with Gasteiger partial charge in [0, 0.05) is 0 Å². The minimum absolute atomic E-state index is 0. The molecule has 0 bridgehead atoms. The van der Waals surface area contributed by atoms with Gasteiger partial charge >= 0.3 is 0 Å². The van der Waals surface area contributed by atoms with Crippen molar-refractivity contribution < 1.29 is 0 Å². The Labute approximate surface area is 239 Å². The molecule has 0 aliphatic carbocycles.